The third-order valence-corrected chi connectivity index (χ3v) is 9.81. The number of nitrogens with zero attached hydrogens (tertiary/aromatic N) is 6. The molecule has 0 bridgehead atoms. The van der Waals surface area contributed by atoms with Gasteiger partial charge in [-0.1, -0.05) is 19.1 Å². The zero-order valence-corrected chi connectivity index (χ0v) is 28.4. The molecule has 0 amide bonds. The van der Waals surface area contributed by atoms with Crippen LogP contribution < -0.4 is 25.8 Å². The smallest absolute Gasteiger partial charge is 0.399 e. The predicted octanol–water partition coefficient (Wildman–Crippen LogP) is 5.62. The quantitative estimate of drug-likeness (QED) is 0.202. The van der Waals surface area contributed by atoms with Crippen LogP contribution in [0.15, 0.2) is 60.8 Å². The van der Waals surface area contributed by atoms with Crippen molar-refractivity contribution < 1.29 is 23.0 Å². The highest BCUT2D eigenvalue weighted by Crippen LogP contribution is 2.45. The van der Waals surface area contributed by atoms with Crippen molar-refractivity contribution in [3.05, 3.63) is 72.1 Å². The Morgan fingerprint density at radius 2 is 1.54 bits per heavy atom. The summed E-state index contributed by atoms with van der Waals surface area (Å²) in [6.07, 6.45) is -3.46. The maximum Gasteiger partial charge on any atom is 0.418 e. The SMILES string of the molecule is CCN1CCN(c2cc(-c3ccc(N)cc3)cc(C(F)(F)F)c2Nc2cnc(C)c(-c3cc(N4CCOCC4)nc(N4CC(O)C4)c3)c2)CC1. The summed E-state index contributed by atoms with van der Waals surface area (Å²) in [5.41, 5.74) is 10.1. The minimum Gasteiger partial charge on any atom is -0.399 e. The van der Waals surface area contributed by atoms with Crippen LogP contribution in [-0.4, -0.2) is 98.2 Å². The number of nitrogen functional groups attached to an aromatic ring is 1. The molecule has 4 N–H and O–H groups in total. The Bertz CT molecular complexity index is 1820. The summed E-state index contributed by atoms with van der Waals surface area (Å²) >= 11 is 0. The number of likely N-dealkylation sites (N-methyl/N-ethyl adjacent to an activating group) is 1. The minimum atomic E-state index is -4.64. The molecule has 0 atom stereocenters. The van der Waals surface area contributed by atoms with Gasteiger partial charge in [-0.15, -0.1) is 0 Å². The lowest BCUT2D eigenvalue weighted by molar-refractivity contribution is -0.136. The number of aryl methyl sites for hydroxylation is 1. The van der Waals surface area contributed by atoms with Gasteiger partial charge in [0.15, 0.2) is 0 Å². The van der Waals surface area contributed by atoms with Crippen LogP contribution in [0.5, 0.6) is 0 Å². The third-order valence-electron chi connectivity index (χ3n) is 9.81. The van der Waals surface area contributed by atoms with E-state index in [4.69, 9.17) is 15.5 Å². The molecule has 2 aromatic heterocycles. The Morgan fingerprint density at radius 3 is 2.18 bits per heavy atom. The highest BCUT2D eigenvalue weighted by Gasteiger charge is 2.37. The van der Waals surface area contributed by atoms with E-state index in [1.54, 1.807) is 30.5 Å². The van der Waals surface area contributed by atoms with Crippen molar-refractivity contribution in [3.63, 3.8) is 0 Å². The number of ether oxygens (including phenoxy) is 1. The summed E-state index contributed by atoms with van der Waals surface area (Å²) in [7, 11) is 0. The lowest BCUT2D eigenvalue weighted by atomic mass is 9.98. The standard InChI is InChI=1S/C37H43F3N8O2/c1-3-45-8-10-46(11-9-45)33-17-26(25-4-6-28(41)7-5-25)16-32(37(38,39)40)36(33)43-29-20-31(24(2)42-21-29)27-18-34(47-12-14-50-15-13-47)44-35(19-27)48-22-30(49)23-48/h4-7,16-21,30,43,49H,3,8-15,22-23,41H2,1-2H3. The summed E-state index contributed by atoms with van der Waals surface area (Å²) in [4.78, 5) is 18.1. The molecule has 0 saturated carbocycles. The maximum atomic E-state index is 15.0. The van der Waals surface area contributed by atoms with E-state index in [1.807, 2.05) is 41.0 Å². The van der Waals surface area contributed by atoms with Crippen LogP contribution in [0, 0.1) is 6.92 Å². The fraction of sp³-hybridized carbons (Fsp3) is 0.405. The van der Waals surface area contributed by atoms with E-state index in [0.29, 0.717) is 80.7 Å². The van der Waals surface area contributed by atoms with Gasteiger partial charge in [0.25, 0.3) is 0 Å². The highest BCUT2D eigenvalue weighted by atomic mass is 19.4. The van der Waals surface area contributed by atoms with Gasteiger partial charge in [-0.2, -0.15) is 13.2 Å². The van der Waals surface area contributed by atoms with Gasteiger partial charge in [-0.05, 0) is 72.6 Å². The number of β-amino-alcohol motifs (C(OH)–C–C–N with tert-alkyl or cyclic N) is 1. The Balaban J connectivity index is 1.31. The highest BCUT2D eigenvalue weighted by molar-refractivity contribution is 5.86. The van der Waals surface area contributed by atoms with E-state index in [1.165, 1.54) is 6.07 Å². The first-order valence-corrected chi connectivity index (χ1v) is 17.2. The minimum absolute atomic E-state index is 0.00256. The molecule has 0 unspecified atom stereocenters. The Kier molecular flexibility index (Phi) is 9.46. The monoisotopic (exact) mass is 688 g/mol. The molecule has 264 valence electrons. The van der Waals surface area contributed by atoms with Gasteiger partial charge < -0.3 is 40.5 Å². The number of nitrogens with one attached hydrogen (secondary N) is 1. The molecule has 0 radical (unpaired) electrons. The number of piperazine rings is 1. The lowest BCUT2D eigenvalue weighted by Gasteiger charge is -2.38. The van der Waals surface area contributed by atoms with Crippen molar-refractivity contribution in [2.24, 2.45) is 0 Å². The first-order valence-electron chi connectivity index (χ1n) is 17.2. The topological polar surface area (TPSA) is 106 Å². The second-order valence-corrected chi connectivity index (χ2v) is 13.2. The number of anilines is 6. The van der Waals surface area contributed by atoms with Crippen molar-refractivity contribution in [1.82, 2.24) is 14.9 Å². The first-order chi connectivity index (χ1) is 24.1. The number of aliphatic hydroxyl groups excluding tert-OH is 1. The van der Waals surface area contributed by atoms with Crippen molar-refractivity contribution >= 4 is 34.4 Å². The Hall–Kier alpha value is -4.59. The van der Waals surface area contributed by atoms with E-state index in [0.717, 1.165) is 48.1 Å². The van der Waals surface area contributed by atoms with Gasteiger partial charge in [0, 0.05) is 69.3 Å². The molecule has 7 rings (SSSR count). The number of aromatic nitrogens is 2. The molecule has 0 aliphatic carbocycles. The number of aliphatic hydroxyl groups is 1. The van der Waals surface area contributed by atoms with E-state index < -0.39 is 17.8 Å². The third kappa shape index (κ3) is 7.16. The van der Waals surface area contributed by atoms with Crippen LogP contribution in [0.4, 0.5) is 47.6 Å². The summed E-state index contributed by atoms with van der Waals surface area (Å²) in [6.45, 7) is 11.1. The number of rotatable bonds is 8. The number of alkyl halides is 3. The second kappa shape index (κ2) is 14.0. The number of morpholine rings is 1. The van der Waals surface area contributed by atoms with E-state index >= 15 is 13.2 Å². The number of pyridine rings is 2. The van der Waals surface area contributed by atoms with Crippen LogP contribution in [0.3, 0.4) is 0 Å². The first kappa shape index (κ1) is 33.9. The Morgan fingerprint density at radius 1 is 0.860 bits per heavy atom. The Labute approximate surface area is 290 Å². The normalized spacial score (nSPS) is 17.6. The molecule has 0 spiro atoms. The van der Waals surface area contributed by atoms with Gasteiger partial charge in [0.1, 0.15) is 11.6 Å². The number of benzene rings is 2. The number of hydrogen-bond donors (Lipinski definition) is 3. The molecule has 4 aromatic rings. The average molecular weight is 689 g/mol. The van der Waals surface area contributed by atoms with Crippen LogP contribution in [0.25, 0.3) is 22.3 Å². The summed E-state index contributed by atoms with van der Waals surface area (Å²) in [5, 5.41) is 13.2. The molecular formula is C37H43F3N8O2. The van der Waals surface area contributed by atoms with E-state index in [9.17, 15) is 5.11 Å². The summed E-state index contributed by atoms with van der Waals surface area (Å²) in [6, 6.07) is 15.8. The summed E-state index contributed by atoms with van der Waals surface area (Å²) in [5.74, 6) is 1.52. The lowest BCUT2D eigenvalue weighted by Crippen LogP contribution is -2.51. The number of halogens is 3. The van der Waals surface area contributed by atoms with Gasteiger partial charge in [0.05, 0.1) is 48.1 Å². The fourth-order valence-corrected chi connectivity index (χ4v) is 6.83. The molecule has 13 heteroatoms. The molecule has 10 nitrogen and oxygen atoms in total. The summed E-state index contributed by atoms with van der Waals surface area (Å²) < 4.78 is 50.7. The van der Waals surface area contributed by atoms with Crippen LogP contribution in [0.1, 0.15) is 18.2 Å². The number of hydrogen-bond acceptors (Lipinski definition) is 10. The predicted molar refractivity (Wildman–Crippen MR) is 192 cm³/mol. The van der Waals surface area contributed by atoms with Crippen molar-refractivity contribution in [3.8, 4) is 22.3 Å². The number of nitrogens with two attached hydrogens (primary N) is 1. The molecule has 5 heterocycles. The fourth-order valence-electron chi connectivity index (χ4n) is 6.83. The molecule has 50 heavy (non-hydrogen) atoms. The van der Waals surface area contributed by atoms with Gasteiger partial charge in [-0.3, -0.25) is 4.98 Å². The van der Waals surface area contributed by atoms with Crippen molar-refractivity contribution in [2.75, 3.05) is 97.9 Å². The van der Waals surface area contributed by atoms with Crippen molar-refractivity contribution in [1.29, 1.82) is 0 Å². The molecule has 3 aliphatic heterocycles. The molecule has 3 fully saturated rings. The van der Waals surface area contributed by atoms with E-state index in [-0.39, 0.29) is 5.69 Å². The molecular weight excluding hydrogens is 645 g/mol. The van der Waals surface area contributed by atoms with Crippen LogP contribution >= 0.6 is 0 Å². The van der Waals surface area contributed by atoms with E-state index in [2.05, 4.69) is 27.0 Å². The van der Waals surface area contributed by atoms with Crippen LogP contribution in [0.2, 0.25) is 0 Å². The largest absolute Gasteiger partial charge is 0.418 e. The molecule has 3 aliphatic rings. The second-order valence-electron chi connectivity index (χ2n) is 13.2. The van der Waals surface area contributed by atoms with Gasteiger partial charge in [-0.25, -0.2) is 4.98 Å². The van der Waals surface area contributed by atoms with Gasteiger partial charge >= 0.3 is 6.18 Å². The van der Waals surface area contributed by atoms with Crippen molar-refractivity contribution in [2.45, 2.75) is 26.1 Å². The zero-order chi connectivity index (χ0) is 35.0. The maximum absolute atomic E-state index is 15.0. The van der Waals surface area contributed by atoms with Gasteiger partial charge in [0.2, 0.25) is 0 Å². The average Bonchev–Trinajstić information content (AvgIpc) is 3.11. The molecule has 3 saturated heterocycles. The molecule has 2 aromatic carbocycles. The zero-order valence-electron chi connectivity index (χ0n) is 28.4. The van der Waals surface area contributed by atoms with Crippen LogP contribution in [-0.2, 0) is 10.9 Å².